The van der Waals surface area contributed by atoms with Crippen molar-refractivity contribution in [2.75, 3.05) is 5.43 Å². The molecule has 2 aromatic rings. The van der Waals surface area contributed by atoms with E-state index >= 15 is 0 Å². The van der Waals surface area contributed by atoms with Crippen LogP contribution in [0.2, 0.25) is 0 Å². The molecule has 10 atom stereocenters. The number of aromatic nitrogens is 1. The number of hydrazine groups is 1. The third-order valence-electron chi connectivity index (χ3n) is 12.5. The number of hydrogen-bond donors (Lipinski definition) is 5. The summed E-state index contributed by atoms with van der Waals surface area (Å²) >= 11 is 0. The van der Waals surface area contributed by atoms with Gasteiger partial charge in [-0.1, -0.05) is 20.8 Å². The highest BCUT2D eigenvalue weighted by Crippen LogP contribution is 2.68. The fraction of sp³-hybridized carbons (Fsp3) is 0.719. The summed E-state index contributed by atoms with van der Waals surface area (Å²) in [5.74, 6) is 1.93. The van der Waals surface area contributed by atoms with Gasteiger partial charge in [-0.25, -0.2) is 0 Å². The maximum absolute atomic E-state index is 12.8. The Labute approximate surface area is 246 Å². The second-order valence-corrected chi connectivity index (χ2v) is 14.5. The van der Waals surface area contributed by atoms with Crippen molar-refractivity contribution in [3.63, 3.8) is 0 Å². The van der Waals surface area contributed by atoms with E-state index in [-0.39, 0.29) is 40.3 Å². The van der Waals surface area contributed by atoms with Crippen molar-refractivity contribution in [3.8, 4) is 5.88 Å². The molecular weight excluding hydrogens is 536 g/mol. The zero-order valence-corrected chi connectivity index (χ0v) is 24.9. The quantitative estimate of drug-likeness (QED) is 0.227. The summed E-state index contributed by atoms with van der Waals surface area (Å²) in [6, 6.07) is 4.13. The topological polar surface area (TPSA) is 164 Å². The number of fused-ring (bicyclic) bond motifs is 6. The van der Waals surface area contributed by atoms with Gasteiger partial charge in [0.15, 0.2) is 0 Å². The lowest BCUT2D eigenvalue weighted by Crippen LogP contribution is -2.58. The third-order valence-corrected chi connectivity index (χ3v) is 12.5. The summed E-state index contributed by atoms with van der Waals surface area (Å²) in [7, 11) is 0. The number of rotatable bonds is 7. The average molecular weight is 582 g/mol. The Morgan fingerprint density at radius 1 is 1.12 bits per heavy atom. The van der Waals surface area contributed by atoms with E-state index in [4.69, 9.17) is 0 Å². The predicted molar refractivity (Wildman–Crippen MR) is 157 cm³/mol. The van der Waals surface area contributed by atoms with Gasteiger partial charge in [0.2, 0.25) is 5.91 Å². The van der Waals surface area contributed by atoms with Crippen LogP contribution in [0.3, 0.4) is 0 Å². The second kappa shape index (κ2) is 10.7. The van der Waals surface area contributed by atoms with Crippen LogP contribution in [-0.2, 0) is 4.79 Å². The van der Waals surface area contributed by atoms with E-state index in [0.717, 1.165) is 57.8 Å². The number of nitrogens with one attached hydrogen (secondary N) is 3. The van der Waals surface area contributed by atoms with Crippen molar-refractivity contribution < 1.29 is 25.0 Å². The highest BCUT2D eigenvalue weighted by molar-refractivity contribution is 5.97. The smallest absolute Gasteiger partial charge is 0.271 e. The summed E-state index contributed by atoms with van der Waals surface area (Å²) < 4.78 is 0. The van der Waals surface area contributed by atoms with Crippen molar-refractivity contribution in [2.45, 2.75) is 97.2 Å². The summed E-state index contributed by atoms with van der Waals surface area (Å²) in [6.07, 6.45) is 8.67. The van der Waals surface area contributed by atoms with Crippen LogP contribution in [0.25, 0.3) is 10.9 Å². The molecule has 4 aliphatic rings. The number of H-pyrrole nitrogens is 1. The van der Waals surface area contributed by atoms with Gasteiger partial charge in [0.05, 0.1) is 28.3 Å². The predicted octanol–water partition coefficient (Wildman–Crippen LogP) is 5.00. The molecule has 4 saturated carbocycles. The van der Waals surface area contributed by atoms with Gasteiger partial charge in [-0.15, -0.1) is 0 Å². The Bertz CT molecular complexity index is 1360. The van der Waals surface area contributed by atoms with Crippen LogP contribution < -0.4 is 16.0 Å². The lowest BCUT2D eigenvalue weighted by atomic mass is 9.43. The first-order valence-corrected chi connectivity index (χ1v) is 15.8. The highest BCUT2D eigenvalue weighted by atomic mass is 16.6. The molecule has 1 heterocycles. The summed E-state index contributed by atoms with van der Waals surface area (Å²) in [4.78, 5) is 25.9. The van der Waals surface area contributed by atoms with Gasteiger partial charge >= 0.3 is 0 Å². The summed E-state index contributed by atoms with van der Waals surface area (Å²) in [5, 5.41) is 45.7. The number of nitro benzene ring substituents is 1. The standard InChI is InChI=1S/C32H46N4O6/c1-17(4-9-27(39)34-35-29-21-6-5-19(36(41)42)16-25(21)33-30(29)40)22-7-8-23-28-24(11-13-32(22,23)3)31(2)12-10-20(37)14-18(31)15-26(28)38/h5-6,16-18,20,22-24,26,28,33,35,37-38,40H,4,7-15H2,1-3H3,(H,34,39)/p-1/t17-,18+,20+,22+,23-,24+,26-,28-,31+,32-/m1/s1. The molecule has 0 spiro atoms. The van der Waals surface area contributed by atoms with Crippen LogP contribution in [0, 0.1) is 56.5 Å². The van der Waals surface area contributed by atoms with Crippen LogP contribution in [0.15, 0.2) is 18.2 Å². The van der Waals surface area contributed by atoms with E-state index in [1.54, 1.807) is 0 Å². The Hall–Kier alpha value is -2.85. The van der Waals surface area contributed by atoms with E-state index in [1.807, 2.05) is 0 Å². The van der Waals surface area contributed by atoms with E-state index in [0.29, 0.717) is 52.8 Å². The van der Waals surface area contributed by atoms with Crippen molar-refractivity contribution in [3.05, 3.63) is 28.3 Å². The van der Waals surface area contributed by atoms with Crippen LogP contribution in [0.4, 0.5) is 11.4 Å². The zero-order chi connectivity index (χ0) is 30.0. The Morgan fingerprint density at radius 2 is 1.86 bits per heavy atom. The Kier molecular flexibility index (Phi) is 7.45. The number of anilines is 1. The molecule has 10 heteroatoms. The van der Waals surface area contributed by atoms with Crippen LogP contribution in [0.5, 0.6) is 5.88 Å². The second-order valence-electron chi connectivity index (χ2n) is 14.5. The van der Waals surface area contributed by atoms with Gasteiger partial charge in [0.25, 0.3) is 5.69 Å². The molecule has 1 aromatic heterocycles. The largest absolute Gasteiger partial charge is 0.859 e. The number of carbonyl (C=O) groups is 1. The number of aliphatic hydroxyl groups excluding tert-OH is 2. The molecule has 230 valence electrons. The number of benzene rings is 1. The fourth-order valence-electron chi connectivity index (χ4n) is 10.3. The van der Waals surface area contributed by atoms with Gasteiger partial charge in [0.1, 0.15) is 0 Å². The van der Waals surface area contributed by atoms with Crippen molar-refractivity contribution >= 4 is 28.2 Å². The number of carbonyl (C=O) groups excluding carboxylic acids is 1. The molecule has 0 unspecified atom stereocenters. The SMILES string of the molecule is C[C@H](CCC(=O)NNc1c([O-])[nH]c2cc([N+](=O)[O-])ccc12)[C@@H]1CC[C@@H]2[C@H]3[C@H](O)C[C@@H]4C[C@@H](O)CC[C@]4(C)[C@H]3CC[C@@]21C. The normalized spacial score (nSPS) is 38.3. The fourth-order valence-corrected chi connectivity index (χ4v) is 10.3. The van der Waals surface area contributed by atoms with E-state index in [1.165, 1.54) is 18.2 Å². The number of nitro groups is 1. The molecule has 10 nitrogen and oxygen atoms in total. The third kappa shape index (κ3) is 4.75. The Morgan fingerprint density at radius 3 is 2.62 bits per heavy atom. The molecule has 42 heavy (non-hydrogen) atoms. The molecule has 4 aliphatic carbocycles. The van der Waals surface area contributed by atoms with Gasteiger partial charge in [-0.05, 0) is 116 Å². The molecule has 0 aliphatic heterocycles. The number of amides is 1. The van der Waals surface area contributed by atoms with Crippen molar-refractivity contribution in [1.29, 1.82) is 0 Å². The minimum Gasteiger partial charge on any atom is -0.859 e. The number of nitrogens with zero attached hydrogens (tertiary/aromatic N) is 1. The van der Waals surface area contributed by atoms with Gasteiger partial charge in [-0.2, -0.15) is 0 Å². The molecule has 0 radical (unpaired) electrons. The maximum atomic E-state index is 12.8. The first-order valence-electron chi connectivity index (χ1n) is 15.8. The molecule has 5 N–H and O–H groups in total. The van der Waals surface area contributed by atoms with Crippen LogP contribution >= 0.6 is 0 Å². The van der Waals surface area contributed by atoms with Gasteiger partial charge in [0, 0.05) is 23.9 Å². The molecule has 1 amide bonds. The first kappa shape index (κ1) is 29.2. The summed E-state index contributed by atoms with van der Waals surface area (Å²) in [6.45, 7) is 7.13. The molecule has 1 aromatic carbocycles. The van der Waals surface area contributed by atoms with Crippen molar-refractivity contribution in [1.82, 2.24) is 10.4 Å². The van der Waals surface area contributed by atoms with E-state index in [9.17, 15) is 30.2 Å². The molecule has 4 fully saturated rings. The molecular formula is C32H45N4O6-. The highest BCUT2D eigenvalue weighted by Gasteiger charge is 2.62. The van der Waals surface area contributed by atoms with Gasteiger partial charge < -0.3 is 20.3 Å². The number of aliphatic hydroxyl groups is 2. The van der Waals surface area contributed by atoms with Gasteiger partial charge in [-0.3, -0.25) is 25.8 Å². The number of aromatic amines is 1. The molecule has 6 rings (SSSR count). The minimum absolute atomic E-state index is 0.116. The molecule has 0 bridgehead atoms. The monoisotopic (exact) mass is 581 g/mol. The van der Waals surface area contributed by atoms with Crippen LogP contribution in [0.1, 0.15) is 85.0 Å². The molecule has 0 saturated heterocycles. The minimum atomic E-state index is -0.519. The Balaban J connectivity index is 1.07. The number of non-ortho nitro benzene ring substituents is 1. The average Bonchev–Trinajstić information content (AvgIpc) is 3.46. The number of hydrogen-bond acceptors (Lipinski definition) is 7. The summed E-state index contributed by atoms with van der Waals surface area (Å²) in [5.41, 5.74) is 6.14. The first-order chi connectivity index (χ1) is 19.9. The van der Waals surface area contributed by atoms with E-state index < -0.39 is 10.8 Å². The lowest BCUT2D eigenvalue weighted by molar-refractivity contribution is -0.384. The zero-order valence-electron chi connectivity index (χ0n) is 24.9. The van der Waals surface area contributed by atoms with E-state index in [2.05, 4.69) is 36.6 Å². The van der Waals surface area contributed by atoms with Crippen LogP contribution in [-0.4, -0.2) is 38.2 Å². The van der Waals surface area contributed by atoms with Crippen molar-refractivity contribution in [2.24, 2.45) is 46.3 Å². The maximum Gasteiger partial charge on any atom is 0.271 e. The lowest BCUT2D eigenvalue weighted by Gasteiger charge is -2.62.